The SMILES string of the molecule is Cc1ccccc1CNC(=O)CN1CCC(C)C(O)C1. The number of carbonyl (C=O) groups is 1. The van der Waals surface area contributed by atoms with Gasteiger partial charge in [0.15, 0.2) is 0 Å². The maximum atomic E-state index is 11.9. The van der Waals surface area contributed by atoms with Gasteiger partial charge in [-0.3, -0.25) is 9.69 Å². The first-order chi connectivity index (χ1) is 9.56. The Morgan fingerprint density at radius 1 is 1.45 bits per heavy atom. The van der Waals surface area contributed by atoms with Gasteiger partial charge in [0.1, 0.15) is 0 Å². The van der Waals surface area contributed by atoms with Crippen molar-refractivity contribution in [2.75, 3.05) is 19.6 Å². The summed E-state index contributed by atoms with van der Waals surface area (Å²) in [5.41, 5.74) is 2.34. The molecule has 1 aliphatic rings. The second-order valence-corrected chi connectivity index (χ2v) is 5.77. The minimum absolute atomic E-state index is 0.0232. The summed E-state index contributed by atoms with van der Waals surface area (Å²) in [7, 11) is 0. The van der Waals surface area contributed by atoms with Crippen molar-refractivity contribution in [3.05, 3.63) is 35.4 Å². The van der Waals surface area contributed by atoms with E-state index in [9.17, 15) is 9.90 Å². The number of carbonyl (C=O) groups excluding carboxylic acids is 1. The Labute approximate surface area is 120 Å². The molecule has 0 spiro atoms. The minimum atomic E-state index is -0.312. The average molecular weight is 276 g/mol. The number of aliphatic hydroxyl groups excluding tert-OH is 1. The second-order valence-electron chi connectivity index (χ2n) is 5.77. The van der Waals surface area contributed by atoms with Gasteiger partial charge in [-0.1, -0.05) is 31.2 Å². The number of β-amino-alcohol motifs (C(OH)–C–C–N with tert-alkyl or cyclic N) is 1. The van der Waals surface area contributed by atoms with E-state index in [-0.39, 0.29) is 12.0 Å². The Balaban J connectivity index is 1.77. The highest BCUT2D eigenvalue weighted by atomic mass is 16.3. The lowest BCUT2D eigenvalue weighted by molar-refractivity contribution is -0.123. The molecule has 110 valence electrons. The fourth-order valence-corrected chi connectivity index (χ4v) is 2.52. The fraction of sp³-hybridized carbons (Fsp3) is 0.562. The van der Waals surface area contributed by atoms with Crippen LogP contribution in [0.4, 0.5) is 0 Å². The molecular weight excluding hydrogens is 252 g/mol. The minimum Gasteiger partial charge on any atom is -0.392 e. The van der Waals surface area contributed by atoms with Crippen molar-refractivity contribution in [2.24, 2.45) is 5.92 Å². The molecule has 2 N–H and O–H groups in total. The Kier molecular flexibility index (Phi) is 5.15. The van der Waals surface area contributed by atoms with Gasteiger partial charge in [0, 0.05) is 13.1 Å². The van der Waals surface area contributed by atoms with Crippen LogP contribution in [0, 0.1) is 12.8 Å². The van der Waals surface area contributed by atoms with E-state index in [0.29, 0.717) is 25.6 Å². The number of benzene rings is 1. The molecule has 1 aromatic carbocycles. The third-order valence-corrected chi connectivity index (χ3v) is 4.11. The predicted octanol–water partition coefficient (Wildman–Crippen LogP) is 1.31. The summed E-state index contributed by atoms with van der Waals surface area (Å²) in [6, 6.07) is 8.06. The number of aliphatic hydroxyl groups is 1. The van der Waals surface area contributed by atoms with Crippen LogP contribution >= 0.6 is 0 Å². The molecule has 4 nitrogen and oxygen atoms in total. The van der Waals surface area contributed by atoms with Crippen molar-refractivity contribution in [1.82, 2.24) is 10.2 Å². The van der Waals surface area contributed by atoms with E-state index < -0.39 is 0 Å². The van der Waals surface area contributed by atoms with Gasteiger partial charge in [-0.2, -0.15) is 0 Å². The molecule has 1 saturated heterocycles. The van der Waals surface area contributed by atoms with Crippen molar-refractivity contribution < 1.29 is 9.90 Å². The molecule has 1 aliphatic heterocycles. The lowest BCUT2D eigenvalue weighted by Gasteiger charge is -2.33. The smallest absolute Gasteiger partial charge is 0.234 e. The van der Waals surface area contributed by atoms with Crippen LogP contribution in [0.25, 0.3) is 0 Å². The van der Waals surface area contributed by atoms with Crippen LogP contribution in [0.15, 0.2) is 24.3 Å². The first-order valence-electron chi connectivity index (χ1n) is 7.28. The molecule has 2 unspecified atom stereocenters. The third-order valence-electron chi connectivity index (χ3n) is 4.11. The topological polar surface area (TPSA) is 52.6 Å². The van der Waals surface area contributed by atoms with E-state index in [1.54, 1.807) is 0 Å². The van der Waals surface area contributed by atoms with Crippen molar-refractivity contribution in [3.8, 4) is 0 Å². The van der Waals surface area contributed by atoms with E-state index in [0.717, 1.165) is 18.5 Å². The Bertz CT molecular complexity index is 462. The number of amides is 1. The van der Waals surface area contributed by atoms with Gasteiger partial charge in [0.2, 0.25) is 5.91 Å². The number of piperidine rings is 1. The standard InChI is InChI=1S/C16H24N2O2/c1-12-5-3-4-6-14(12)9-17-16(20)11-18-8-7-13(2)15(19)10-18/h3-6,13,15,19H,7-11H2,1-2H3,(H,17,20). The molecule has 1 amide bonds. The van der Waals surface area contributed by atoms with Gasteiger partial charge >= 0.3 is 0 Å². The zero-order valence-electron chi connectivity index (χ0n) is 12.3. The highest BCUT2D eigenvalue weighted by Crippen LogP contribution is 2.16. The summed E-state index contributed by atoms with van der Waals surface area (Å²) in [5.74, 6) is 0.358. The van der Waals surface area contributed by atoms with Crippen LogP contribution in [0.3, 0.4) is 0 Å². The molecule has 0 bridgehead atoms. The van der Waals surface area contributed by atoms with Crippen LogP contribution < -0.4 is 5.32 Å². The van der Waals surface area contributed by atoms with Crippen molar-refractivity contribution in [1.29, 1.82) is 0 Å². The summed E-state index contributed by atoms with van der Waals surface area (Å²) in [6.07, 6.45) is 0.639. The Hall–Kier alpha value is -1.39. The molecule has 4 heteroatoms. The molecule has 1 aromatic rings. The van der Waals surface area contributed by atoms with Crippen LogP contribution in [-0.2, 0) is 11.3 Å². The van der Waals surface area contributed by atoms with Gasteiger partial charge < -0.3 is 10.4 Å². The molecule has 2 rings (SSSR count). The Morgan fingerprint density at radius 3 is 2.90 bits per heavy atom. The fourth-order valence-electron chi connectivity index (χ4n) is 2.52. The zero-order chi connectivity index (χ0) is 14.5. The molecular formula is C16H24N2O2. The maximum absolute atomic E-state index is 11.9. The molecule has 0 radical (unpaired) electrons. The number of nitrogens with one attached hydrogen (secondary N) is 1. The lowest BCUT2D eigenvalue weighted by atomic mass is 9.96. The third kappa shape index (κ3) is 4.05. The van der Waals surface area contributed by atoms with E-state index in [1.165, 1.54) is 5.56 Å². The predicted molar refractivity (Wildman–Crippen MR) is 79.3 cm³/mol. The number of aryl methyl sites for hydroxylation is 1. The number of hydrogen-bond acceptors (Lipinski definition) is 3. The first-order valence-corrected chi connectivity index (χ1v) is 7.28. The second kappa shape index (κ2) is 6.86. The van der Waals surface area contributed by atoms with Crippen LogP contribution in [0.1, 0.15) is 24.5 Å². The summed E-state index contributed by atoms with van der Waals surface area (Å²) < 4.78 is 0. The summed E-state index contributed by atoms with van der Waals surface area (Å²) in [4.78, 5) is 14.0. The first kappa shape index (κ1) is 15.0. The molecule has 1 heterocycles. The van der Waals surface area contributed by atoms with Gasteiger partial charge in [-0.05, 0) is 36.9 Å². The van der Waals surface area contributed by atoms with Crippen LogP contribution in [0.5, 0.6) is 0 Å². The van der Waals surface area contributed by atoms with E-state index in [2.05, 4.69) is 12.2 Å². The molecule has 0 aromatic heterocycles. The molecule has 1 fully saturated rings. The van der Waals surface area contributed by atoms with Crippen LogP contribution in [-0.4, -0.2) is 41.7 Å². The number of likely N-dealkylation sites (tertiary alicyclic amines) is 1. The maximum Gasteiger partial charge on any atom is 0.234 e. The van der Waals surface area contributed by atoms with Gasteiger partial charge in [0.25, 0.3) is 0 Å². The highest BCUT2D eigenvalue weighted by molar-refractivity contribution is 5.78. The molecule has 2 atom stereocenters. The van der Waals surface area contributed by atoms with E-state index in [1.807, 2.05) is 36.1 Å². The lowest BCUT2D eigenvalue weighted by Crippen LogP contribution is -2.46. The monoisotopic (exact) mass is 276 g/mol. The van der Waals surface area contributed by atoms with E-state index >= 15 is 0 Å². The normalized spacial score (nSPS) is 23.6. The molecule has 0 saturated carbocycles. The van der Waals surface area contributed by atoms with Crippen molar-refractivity contribution >= 4 is 5.91 Å². The van der Waals surface area contributed by atoms with E-state index in [4.69, 9.17) is 0 Å². The Morgan fingerprint density at radius 2 is 2.20 bits per heavy atom. The number of nitrogens with zero attached hydrogens (tertiary/aromatic N) is 1. The van der Waals surface area contributed by atoms with Crippen LogP contribution in [0.2, 0.25) is 0 Å². The average Bonchev–Trinajstić information content (AvgIpc) is 2.42. The van der Waals surface area contributed by atoms with Gasteiger partial charge in [0.05, 0.1) is 12.6 Å². The summed E-state index contributed by atoms with van der Waals surface area (Å²) in [6.45, 7) is 6.52. The summed E-state index contributed by atoms with van der Waals surface area (Å²) in [5, 5.41) is 12.8. The number of rotatable bonds is 4. The molecule has 0 aliphatic carbocycles. The van der Waals surface area contributed by atoms with Crippen molar-refractivity contribution in [3.63, 3.8) is 0 Å². The van der Waals surface area contributed by atoms with Gasteiger partial charge in [-0.15, -0.1) is 0 Å². The van der Waals surface area contributed by atoms with Gasteiger partial charge in [-0.25, -0.2) is 0 Å². The summed E-state index contributed by atoms with van der Waals surface area (Å²) >= 11 is 0. The largest absolute Gasteiger partial charge is 0.392 e. The highest BCUT2D eigenvalue weighted by Gasteiger charge is 2.25. The molecule has 20 heavy (non-hydrogen) atoms. The zero-order valence-corrected chi connectivity index (χ0v) is 12.3. The number of hydrogen-bond donors (Lipinski definition) is 2. The quantitative estimate of drug-likeness (QED) is 0.872. The van der Waals surface area contributed by atoms with Crippen molar-refractivity contribution in [2.45, 2.75) is 32.9 Å².